The van der Waals surface area contributed by atoms with E-state index in [-0.39, 0.29) is 6.09 Å². The van der Waals surface area contributed by atoms with Crippen molar-refractivity contribution in [1.29, 1.82) is 5.26 Å². The van der Waals surface area contributed by atoms with Gasteiger partial charge in [-0.15, -0.1) is 0 Å². The molecule has 1 atom stereocenters. The fraction of sp³-hybridized carbons (Fsp3) is 0.455. The van der Waals surface area contributed by atoms with Gasteiger partial charge in [-0.2, -0.15) is 5.26 Å². The van der Waals surface area contributed by atoms with Crippen LogP contribution in [-0.4, -0.2) is 31.3 Å². The molecule has 5 heteroatoms. The first-order valence-corrected chi connectivity index (χ1v) is 9.51. The van der Waals surface area contributed by atoms with Crippen LogP contribution in [0.2, 0.25) is 0 Å². The van der Waals surface area contributed by atoms with Crippen LogP contribution >= 0.6 is 0 Å². The van der Waals surface area contributed by atoms with E-state index in [1.54, 1.807) is 0 Å². The first-order chi connectivity index (χ1) is 12.9. The molecular formula is C22H27N3O2. The number of carbonyl (C=O) groups excluding carboxylic acids is 1. The molecule has 27 heavy (non-hydrogen) atoms. The van der Waals surface area contributed by atoms with E-state index in [9.17, 15) is 10.1 Å². The van der Waals surface area contributed by atoms with Crippen LogP contribution in [0.25, 0.3) is 10.8 Å². The largest absolute Gasteiger partial charge is 0.444 e. The molecule has 1 heterocycles. The van der Waals surface area contributed by atoms with Gasteiger partial charge in [0.2, 0.25) is 0 Å². The molecule has 1 fully saturated rings. The maximum Gasteiger partial charge on any atom is 0.407 e. The van der Waals surface area contributed by atoms with Crippen LogP contribution in [0.4, 0.5) is 10.5 Å². The number of fused-ring (bicyclic) bond motifs is 1. The summed E-state index contributed by atoms with van der Waals surface area (Å²) in [7, 11) is 0. The lowest BCUT2D eigenvalue weighted by molar-refractivity contribution is 0.0517. The molecule has 2 aromatic rings. The van der Waals surface area contributed by atoms with E-state index < -0.39 is 5.60 Å². The van der Waals surface area contributed by atoms with E-state index in [0.717, 1.165) is 42.4 Å². The summed E-state index contributed by atoms with van der Waals surface area (Å²) < 4.78 is 5.33. The number of benzene rings is 2. The summed E-state index contributed by atoms with van der Waals surface area (Å²) in [4.78, 5) is 14.3. The van der Waals surface area contributed by atoms with Crippen molar-refractivity contribution in [3.05, 3.63) is 42.0 Å². The van der Waals surface area contributed by atoms with Gasteiger partial charge in [0.05, 0.1) is 11.6 Å². The highest BCUT2D eigenvalue weighted by Gasteiger charge is 2.23. The van der Waals surface area contributed by atoms with Gasteiger partial charge in [0, 0.05) is 36.1 Å². The third kappa shape index (κ3) is 4.71. The minimum atomic E-state index is -0.482. The predicted molar refractivity (Wildman–Crippen MR) is 108 cm³/mol. The molecule has 2 aromatic carbocycles. The fourth-order valence-corrected chi connectivity index (χ4v) is 3.65. The Morgan fingerprint density at radius 1 is 1.26 bits per heavy atom. The Morgan fingerprint density at radius 3 is 2.70 bits per heavy atom. The molecule has 3 rings (SSSR count). The molecule has 0 saturated carbocycles. The second-order valence-corrected chi connectivity index (χ2v) is 8.13. The number of hydrogen-bond acceptors (Lipinski definition) is 4. The molecule has 0 spiro atoms. The van der Waals surface area contributed by atoms with Crippen molar-refractivity contribution in [3.63, 3.8) is 0 Å². The number of ether oxygens (including phenoxy) is 1. The first kappa shape index (κ1) is 19.0. The number of hydrogen-bond donors (Lipinski definition) is 1. The number of amides is 1. The predicted octanol–water partition coefficient (Wildman–Crippen LogP) is 4.45. The van der Waals surface area contributed by atoms with Crippen molar-refractivity contribution in [1.82, 2.24) is 5.32 Å². The second-order valence-electron chi connectivity index (χ2n) is 8.13. The van der Waals surface area contributed by atoms with Crippen LogP contribution in [0.1, 0.15) is 39.2 Å². The van der Waals surface area contributed by atoms with Gasteiger partial charge in [-0.05, 0) is 51.7 Å². The Hall–Kier alpha value is -2.74. The van der Waals surface area contributed by atoms with Crippen LogP contribution < -0.4 is 10.2 Å². The fourth-order valence-electron chi connectivity index (χ4n) is 3.65. The monoisotopic (exact) mass is 365 g/mol. The molecule has 5 nitrogen and oxygen atoms in total. The molecule has 0 aromatic heterocycles. The minimum absolute atomic E-state index is 0.358. The zero-order valence-electron chi connectivity index (χ0n) is 16.3. The maximum absolute atomic E-state index is 11.9. The SMILES string of the molecule is CC(C)(C)OC(=O)NCC1CCCN(c2ccc(C#N)c3ccccc23)C1. The topological polar surface area (TPSA) is 65.4 Å². The molecule has 0 radical (unpaired) electrons. The summed E-state index contributed by atoms with van der Waals surface area (Å²) in [6, 6.07) is 14.3. The summed E-state index contributed by atoms with van der Waals surface area (Å²) in [5.41, 5.74) is 1.38. The molecule has 142 valence electrons. The lowest BCUT2D eigenvalue weighted by Gasteiger charge is -2.35. The van der Waals surface area contributed by atoms with Gasteiger partial charge in [0.15, 0.2) is 0 Å². The quantitative estimate of drug-likeness (QED) is 0.872. The number of nitrogens with one attached hydrogen (secondary N) is 1. The van der Waals surface area contributed by atoms with Crippen molar-refractivity contribution in [2.75, 3.05) is 24.5 Å². The van der Waals surface area contributed by atoms with Gasteiger partial charge in [-0.3, -0.25) is 0 Å². The van der Waals surface area contributed by atoms with Crippen molar-refractivity contribution in [2.24, 2.45) is 5.92 Å². The lowest BCUT2D eigenvalue weighted by Crippen LogP contribution is -2.42. The van der Waals surface area contributed by atoms with Gasteiger partial charge >= 0.3 is 6.09 Å². The van der Waals surface area contributed by atoms with E-state index >= 15 is 0 Å². The van der Waals surface area contributed by atoms with Gasteiger partial charge in [0.25, 0.3) is 0 Å². The van der Waals surface area contributed by atoms with Crippen molar-refractivity contribution >= 4 is 22.6 Å². The van der Waals surface area contributed by atoms with Crippen LogP contribution in [0.3, 0.4) is 0 Å². The number of alkyl carbamates (subject to hydrolysis) is 1. The Kier molecular flexibility index (Phi) is 5.55. The normalized spacial score (nSPS) is 17.4. The standard InChI is InChI=1S/C22H27N3O2/c1-22(2,3)27-21(26)24-14-16-7-6-12-25(15-16)20-11-10-17(13-23)18-8-4-5-9-19(18)20/h4-5,8-11,16H,6-7,12,14-15H2,1-3H3,(H,24,26). The molecule has 0 aliphatic carbocycles. The van der Waals surface area contributed by atoms with E-state index in [4.69, 9.17) is 4.74 Å². The lowest BCUT2D eigenvalue weighted by atomic mass is 9.96. The third-order valence-corrected chi connectivity index (χ3v) is 4.82. The van der Waals surface area contributed by atoms with Crippen LogP contribution in [-0.2, 0) is 4.74 Å². The Morgan fingerprint density at radius 2 is 2.00 bits per heavy atom. The Balaban J connectivity index is 1.71. The number of carbonyl (C=O) groups is 1. The van der Waals surface area contributed by atoms with Gasteiger partial charge in [-0.1, -0.05) is 24.3 Å². The molecule has 1 aliphatic rings. The highest BCUT2D eigenvalue weighted by Crippen LogP contribution is 2.32. The maximum atomic E-state index is 11.9. The molecule has 0 bridgehead atoms. The van der Waals surface area contributed by atoms with E-state index in [2.05, 4.69) is 22.4 Å². The molecule has 1 unspecified atom stereocenters. The molecular weight excluding hydrogens is 338 g/mol. The average Bonchev–Trinajstić information content (AvgIpc) is 2.64. The summed E-state index contributed by atoms with van der Waals surface area (Å²) in [6.07, 6.45) is 1.80. The number of nitrogens with zero attached hydrogens (tertiary/aromatic N) is 2. The Labute approximate surface area is 160 Å². The zero-order valence-corrected chi connectivity index (χ0v) is 16.3. The molecule has 1 amide bonds. The molecule has 1 saturated heterocycles. The highest BCUT2D eigenvalue weighted by atomic mass is 16.6. The number of piperidine rings is 1. The smallest absolute Gasteiger partial charge is 0.407 e. The van der Waals surface area contributed by atoms with Crippen LogP contribution in [0.15, 0.2) is 36.4 Å². The van der Waals surface area contributed by atoms with E-state index in [1.807, 2.05) is 51.1 Å². The third-order valence-electron chi connectivity index (χ3n) is 4.82. The zero-order chi connectivity index (χ0) is 19.4. The summed E-state index contributed by atoms with van der Waals surface area (Å²) in [5, 5.41) is 14.4. The second kappa shape index (κ2) is 7.87. The highest BCUT2D eigenvalue weighted by molar-refractivity contribution is 5.97. The van der Waals surface area contributed by atoms with Gasteiger partial charge in [0.1, 0.15) is 5.60 Å². The van der Waals surface area contributed by atoms with E-state index in [0.29, 0.717) is 18.0 Å². The van der Waals surface area contributed by atoms with Crippen molar-refractivity contribution < 1.29 is 9.53 Å². The summed E-state index contributed by atoms with van der Waals surface area (Å²) >= 11 is 0. The number of anilines is 1. The van der Waals surface area contributed by atoms with Gasteiger partial charge in [-0.25, -0.2) is 4.79 Å². The molecule has 1 N–H and O–H groups in total. The summed E-state index contributed by atoms with van der Waals surface area (Å²) in [6.45, 7) is 8.07. The van der Waals surface area contributed by atoms with Crippen LogP contribution in [0.5, 0.6) is 0 Å². The van der Waals surface area contributed by atoms with Crippen molar-refractivity contribution in [2.45, 2.75) is 39.2 Å². The molecule has 1 aliphatic heterocycles. The Bertz CT molecular complexity index is 864. The first-order valence-electron chi connectivity index (χ1n) is 9.51. The average molecular weight is 365 g/mol. The van der Waals surface area contributed by atoms with E-state index in [1.165, 1.54) is 0 Å². The van der Waals surface area contributed by atoms with Crippen LogP contribution in [0, 0.1) is 17.2 Å². The number of nitriles is 1. The number of rotatable bonds is 3. The van der Waals surface area contributed by atoms with Gasteiger partial charge < -0.3 is 15.0 Å². The summed E-state index contributed by atoms with van der Waals surface area (Å²) in [5.74, 6) is 0.376. The van der Waals surface area contributed by atoms with Crippen molar-refractivity contribution in [3.8, 4) is 6.07 Å². The minimum Gasteiger partial charge on any atom is -0.444 e.